The molecule has 0 radical (unpaired) electrons. The quantitative estimate of drug-likeness (QED) is 0.318. The van der Waals surface area contributed by atoms with Crippen molar-refractivity contribution in [3.05, 3.63) is 0 Å². The van der Waals surface area contributed by atoms with Crippen LogP contribution >= 0.6 is 0 Å². The number of amides is 1. The first kappa shape index (κ1) is 14.8. The van der Waals surface area contributed by atoms with E-state index in [1.54, 1.807) is 11.9 Å². The number of nitrogens with zero attached hydrogens (tertiary/aromatic N) is 2. The molecular weight excluding hydrogens is 234 g/mol. The van der Waals surface area contributed by atoms with E-state index in [2.05, 4.69) is 5.16 Å². The van der Waals surface area contributed by atoms with Gasteiger partial charge in [-0.05, 0) is 26.7 Å². The average Bonchev–Trinajstić information content (AvgIpc) is 2.26. The Balaban J connectivity index is 2.57. The van der Waals surface area contributed by atoms with Crippen molar-refractivity contribution in [3.8, 4) is 0 Å². The number of ether oxygens (including phenoxy) is 1. The zero-order chi connectivity index (χ0) is 13.8. The van der Waals surface area contributed by atoms with Crippen LogP contribution in [0.4, 0.5) is 0 Å². The molecule has 0 aromatic carbocycles. The van der Waals surface area contributed by atoms with E-state index in [0.29, 0.717) is 26.0 Å². The molecule has 1 saturated carbocycles. The second-order valence-electron chi connectivity index (χ2n) is 5.07. The maximum atomic E-state index is 12.3. The maximum absolute atomic E-state index is 12.3. The molecule has 0 aliphatic heterocycles. The number of amidine groups is 1. The van der Waals surface area contributed by atoms with Crippen molar-refractivity contribution in [2.45, 2.75) is 39.2 Å². The number of rotatable bonds is 6. The molecule has 0 aromatic rings. The van der Waals surface area contributed by atoms with Crippen LogP contribution in [-0.2, 0) is 9.53 Å². The molecule has 1 aliphatic carbocycles. The number of likely N-dealkylation sites (N-methyl/N-ethyl adjacent to an activating group) is 1. The van der Waals surface area contributed by atoms with Crippen LogP contribution in [0.3, 0.4) is 0 Å². The standard InChI is InChI=1S/C12H23N3O3/c1-9(2)18-8-7-15(3)11(16)12(5-4-6-12)10(13)14-17/h9,17H,4-8H2,1-3H3,(H2,13,14). The number of carbonyl (C=O) groups is 1. The van der Waals surface area contributed by atoms with Crippen LogP contribution < -0.4 is 5.73 Å². The number of nitrogens with two attached hydrogens (primary N) is 1. The Kier molecular flexibility index (Phi) is 4.95. The zero-order valence-electron chi connectivity index (χ0n) is 11.3. The predicted octanol–water partition coefficient (Wildman–Crippen LogP) is 0.786. The Bertz CT molecular complexity index is 325. The summed E-state index contributed by atoms with van der Waals surface area (Å²) < 4.78 is 5.41. The second-order valence-corrected chi connectivity index (χ2v) is 5.07. The van der Waals surface area contributed by atoms with Gasteiger partial charge in [-0.1, -0.05) is 11.6 Å². The molecule has 0 aromatic heterocycles. The molecule has 0 bridgehead atoms. The Morgan fingerprint density at radius 3 is 2.56 bits per heavy atom. The van der Waals surface area contributed by atoms with Crippen LogP contribution in [0.25, 0.3) is 0 Å². The summed E-state index contributed by atoms with van der Waals surface area (Å²) in [4.78, 5) is 13.9. The van der Waals surface area contributed by atoms with Gasteiger partial charge >= 0.3 is 0 Å². The molecule has 0 atom stereocenters. The van der Waals surface area contributed by atoms with Gasteiger partial charge in [0.05, 0.1) is 12.7 Å². The van der Waals surface area contributed by atoms with Gasteiger partial charge in [0.25, 0.3) is 0 Å². The van der Waals surface area contributed by atoms with Gasteiger partial charge in [0.2, 0.25) is 5.91 Å². The largest absolute Gasteiger partial charge is 0.409 e. The molecule has 0 unspecified atom stereocenters. The van der Waals surface area contributed by atoms with E-state index in [9.17, 15) is 4.79 Å². The van der Waals surface area contributed by atoms with Gasteiger partial charge in [-0.3, -0.25) is 4.79 Å². The van der Waals surface area contributed by atoms with Gasteiger partial charge in [0.1, 0.15) is 5.41 Å². The molecule has 18 heavy (non-hydrogen) atoms. The van der Waals surface area contributed by atoms with Crippen LogP contribution in [-0.4, -0.2) is 48.2 Å². The summed E-state index contributed by atoms with van der Waals surface area (Å²) in [6, 6.07) is 0. The summed E-state index contributed by atoms with van der Waals surface area (Å²) >= 11 is 0. The van der Waals surface area contributed by atoms with E-state index in [1.165, 1.54) is 0 Å². The molecule has 0 saturated heterocycles. The minimum absolute atomic E-state index is 0.0235. The van der Waals surface area contributed by atoms with Crippen LogP contribution in [0.5, 0.6) is 0 Å². The van der Waals surface area contributed by atoms with Crippen molar-refractivity contribution < 1.29 is 14.7 Å². The van der Waals surface area contributed by atoms with Crippen molar-refractivity contribution in [3.63, 3.8) is 0 Å². The summed E-state index contributed by atoms with van der Waals surface area (Å²) in [6.45, 7) is 4.90. The van der Waals surface area contributed by atoms with Crippen molar-refractivity contribution in [2.24, 2.45) is 16.3 Å². The lowest BCUT2D eigenvalue weighted by atomic mass is 9.67. The van der Waals surface area contributed by atoms with Gasteiger partial charge in [-0.2, -0.15) is 0 Å². The summed E-state index contributed by atoms with van der Waals surface area (Å²) in [5, 5.41) is 11.8. The minimum Gasteiger partial charge on any atom is -0.409 e. The van der Waals surface area contributed by atoms with Crippen molar-refractivity contribution in [1.29, 1.82) is 0 Å². The van der Waals surface area contributed by atoms with Crippen molar-refractivity contribution in [2.75, 3.05) is 20.2 Å². The molecule has 6 nitrogen and oxygen atoms in total. The van der Waals surface area contributed by atoms with Crippen LogP contribution in [0.15, 0.2) is 5.16 Å². The number of oxime groups is 1. The van der Waals surface area contributed by atoms with E-state index < -0.39 is 5.41 Å². The molecule has 1 rings (SSSR count). The van der Waals surface area contributed by atoms with E-state index in [4.69, 9.17) is 15.7 Å². The van der Waals surface area contributed by atoms with E-state index >= 15 is 0 Å². The summed E-state index contributed by atoms with van der Waals surface area (Å²) in [5.41, 5.74) is 4.86. The summed E-state index contributed by atoms with van der Waals surface area (Å²) in [5.74, 6) is -0.0632. The lowest BCUT2D eigenvalue weighted by Crippen LogP contribution is -2.54. The smallest absolute Gasteiger partial charge is 0.236 e. The highest BCUT2D eigenvalue weighted by molar-refractivity contribution is 6.07. The third-order valence-corrected chi connectivity index (χ3v) is 3.44. The van der Waals surface area contributed by atoms with Crippen molar-refractivity contribution >= 4 is 11.7 Å². The fourth-order valence-electron chi connectivity index (χ4n) is 2.10. The third kappa shape index (κ3) is 2.93. The minimum atomic E-state index is -0.790. The maximum Gasteiger partial charge on any atom is 0.236 e. The average molecular weight is 257 g/mol. The van der Waals surface area contributed by atoms with Crippen molar-refractivity contribution in [1.82, 2.24) is 4.90 Å². The first-order valence-corrected chi connectivity index (χ1v) is 6.29. The topological polar surface area (TPSA) is 88.2 Å². The fraction of sp³-hybridized carbons (Fsp3) is 0.833. The Hall–Kier alpha value is -1.30. The highest BCUT2D eigenvalue weighted by atomic mass is 16.5. The Labute approximate surface area is 108 Å². The highest BCUT2D eigenvalue weighted by Crippen LogP contribution is 2.42. The Morgan fingerprint density at radius 1 is 1.56 bits per heavy atom. The van der Waals surface area contributed by atoms with Crippen LogP contribution in [0.1, 0.15) is 33.1 Å². The number of hydrogen-bond donors (Lipinski definition) is 2. The Morgan fingerprint density at radius 2 is 2.17 bits per heavy atom. The molecular formula is C12H23N3O3. The second kappa shape index (κ2) is 6.04. The van der Waals surface area contributed by atoms with E-state index in [1.807, 2.05) is 13.8 Å². The third-order valence-electron chi connectivity index (χ3n) is 3.44. The van der Waals surface area contributed by atoms with Gasteiger partial charge in [0, 0.05) is 13.6 Å². The van der Waals surface area contributed by atoms with Gasteiger partial charge in [0.15, 0.2) is 5.84 Å². The zero-order valence-corrected chi connectivity index (χ0v) is 11.3. The lowest BCUT2D eigenvalue weighted by molar-refractivity contribution is -0.141. The SMILES string of the molecule is CC(C)OCCN(C)C(=O)C1(C(N)=NO)CCC1. The van der Waals surface area contributed by atoms with Crippen LogP contribution in [0.2, 0.25) is 0 Å². The van der Waals surface area contributed by atoms with Gasteiger partial charge in [-0.15, -0.1) is 0 Å². The summed E-state index contributed by atoms with van der Waals surface area (Å²) in [7, 11) is 1.72. The van der Waals surface area contributed by atoms with Gasteiger partial charge in [-0.25, -0.2) is 0 Å². The van der Waals surface area contributed by atoms with Gasteiger partial charge < -0.3 is 20.6 Å². The number of carbonyl (C=O) groups excluding carboxylic acids is 1. The first-order valence-electron chi connectivity index (χ1n) is 6.29. The lowest BCUT2D eigenvalue weighted by Gasteiger charge is -2.41. The molecule has 3 N–H and O–H groups in total. The monoisotopic (exact) mass is 257 g/mol. The van der Waals surface area contributed by atoms with Crippen LogP contribution in [0, 0.1) is 5.41 Å². The predicted molar refractivity (Wildman–Crippen MR) is 68.4 cm³/mol. The molecule has 104 valence electrons. The highest BCUT2D eigenvalue weighted by Gasteiger charge is 2.49. The molecule has 1 amide bonds. The molecule has 1 aliphatic rings. The molecule has 0 spiro atoms. The van der Waals surface area contributed by atoms with E-state index in [0.717, 1.165) is 6.42 Å². The number of hydrogen-bond acceptors (Lipinski definition) is 4. The fourth-order valence-corrected chi connectivity index (χ4v) is 2.10. The molecule has 1 fully saturated rings. The first-order chi connectivity index (χ1) is 8.44. The normalized spacial score (nSPS) is 18.6. The van der Waals surface area contributed by atoms with E-state index in [-0.39, 0.29) is 17.8 Å². The molecule has 0 heterocycles. The summed E-state index contributed by atoms with van der Waals surface area (Å²) in [6.07, 6.45) is 2.38. The molecule has 6 heteroatoms.